The lowest BCUT2D eigenvalue weighted by Gasteiger charge is -2.29. The normalized spacial score (nSPS) is 13.4. The lowest BCUT2D eigenvalue weighted by molar-refractivity contribution is 0.241. The SMILES string of the molecule is CCNCCCN(C)S(=O)(=O)NCC(C)(C)CN(C)C. The second kappa shape index (κ2) is 8.94. The molecule has 0 radical (unpaired) electrons. The maximum absolute atomic E-state index is 12.1. The average molecular weight is 308 g/mol. The summed E-state index contributed by atoms with van der Waals surface area (Å²) in [6.45, 7) is 9.69. The molecule has 0 saturated heterocycles. The first-order chi connectivity index (χ1) is 9.10. The summed E-state index contributed by atoms with van der Waals surface area (Å²) in [4.78, 5) is 2.06. The van der Waals surface area contributed by atoms with E-state index in [2.05, 4.69) is 28.8 Å². The van der Waals surface area contributed by atoms with Gasteiger partial charge in [0.05, 0.1) is 0 Å². The summed E-state index contributed by atoms with van der Waals surface area (Å²) in [5, 5.41) is 3.19. The fourth-order valence-electron chi connectivity index (χ4n) is 2.03. The van der Waals surface area contributed by atoms with Crippen LogP contribution in [0.4, 0.5) is 0 Å². The van der Waals surface area contributed by atoms with Crippen LogP contribution in [0.5, 0.6) is 0 Å². The Kier molecular flexibility index (Phi) is 8.85. The average Bonchev–Trinajstić information content (AvgIpc) is 2.30. The molecule has 0 aromatic carbocycles. The molecule has 0 rings (SSSR count). The maximum Gasteiger partial charge on any atom is 0.279 e. The van der Waals surface area contributed by atoms with E-state index in [0.717, 1.165) is 26.1 Å². The zero-order valence-corrected chi connectivity index (χ0v) is 14.7. The number of rotatable bonds is 11. The first kappa shape index (κ1) is 19.8. The number of hydrogen-bond donors (Lipinski definition) is 2. The number of nitrogens with zero attached hydrogens (tertiary/aromatic N) is 2. The quantitative estimate of drug-likeness (QED) is 0.540. The van der Waals surface area contributed by atoms with Crippen LogP contribution in [-0.4, -0.2) is 71.5 Å². The van der Waals surface area contributed by atoms with E-state index in [1.807, 2.05) is 21.0 Å². The summed E-state index contributed by atoms with van der Waals surface area (Å²) < 4.78 is 28.3. The fraction of sp³-hybridized carbons (Fsp3) is 1.00. The Bertz CT molecular complexity index is 355. The van der Waals surface area contributed by atoms with Crippen LogP contribution in [0.25, 0.3) is 0 Å². The standard InChI is InChI=1S/C13H32N4O2S/c1-7-14-9-8-10-17(6)20(18,19)15-11-13(2,3)12-16(4)5/h14-15H,7-12H2,1-6H3. The summed E-state index contributed by atoms with van der Waals surface area (Å²) >= 11 is 0. The third-order valence-corrected chi connectivity index (χ3v) is 4.48. The molecule has 122 valence electrons. The van der Waals surface area contributed by atoms with Crippen LogP contribution in [-0.2, 0) is 10.2 Å². The van der Waals surface area contributed by atoms with E-state index in [9.17, 15) is 8.42 Å². The molecule has 0 aliphatic heterocycles. The predicted octanol–water partition coefficient (Wildman–Crippen LogP) is 0.340. The van der Waals surface area contributed by atoms with E-state index >= 15 is 0 Å². The highest BCUT2D eigenvalue weighted by Gasteiger charge is 2.24. The molecule has 7 heteroatoms. The molecule has 2 N–H and O–H groups in total. The minimum atomic E-state index is -3.38. The van der Waals surface area contributed by atoms with Gasteiger partial charge in [0, 0.05) is 26.7 Å². The summed E-state index contributed by atoms with van der Waals surface area (Å²) in [6.07, 6.45) is 0.812. The molecule has 0 aliphatic rings. The molecule has 0 heterocycles. The van der Waals surface area contributed by atoms with Gasteiger partial charge in [0.25, 0.3) is 10.2 Å². The van der Waals surface area contributed by atoms with Crippen molar-refractivity contribution >= 4 is 10.2 Å². The fourth-order valence-corrected chi connectivity index (χ4v) is 3.20. The van der Waals surface area contributed by atoms with Crippen LogP contribution >= 0.6 is 0 Å². The lowest BCUT2D eigenvalue weighted by atomic mass is 9.93. The molecule has 0 unspecified atom stereocenters. The summed E-state index contributed by atoms with van der Waals surface area (Å²) in [5.74, 6) is 0. The lowest BCUT2D eigenvalue weighted by Crippen LogP contribution is -2.45. The predicted molar refractivity (Wildman–Crippen MR) is 85.0 cm³/mol. The van der Waals surface area contributed by atoms with Crippen molar-refractivity contribution in [2.45, 2.75) is 27.2 Å². The molecule has 0 bridgehead atoms. The third kappa shape index (κ3) is 8.86. The van der Waals surface area contributed by atoms with Crippen molar-refractivity contribution in [3.63, 3.8) is 0 Å². The van der Waals surface area contributed by atoms with Gasteiger partial charge in [-0.2, -0.15) is 12.7 Å². The Morgan fingerprint density at radius 2 is 1.75 bits per heavy atom. The first-order valence-corrected chi connectivity index (χ1v) is 8.61. The Morgan fingerprint density at radius 1 is 1.15 bits per heavy atom. The molecule has 0 aliphatic carbocycles. The Labute approximate surface area is 125 Å². The minimum absolute atomic E-state index is 0.0961. The van der Waals surface area contributed by atoms with Crippen molar-refractivity contribution in [3.8, 4) is 0 Å². The molecule has 0 aromatic heterocycles. The Balaban J connectivity index is 4.23. The molecule has 0 fully saturated rings. The van der Waals surface area contributed by atoms with Crippen LogP contribution in [0, 0.1) is 5.41 Å². The number of nitrogens with one attached hydrogen (secondary N) is 2. The van der Waals surface area contributed by atoms with Crippen molar-refractivity contribution in [1.29, 1.82) is 0 Å². The largest absolute Gasteiger partial charge is 0.317 e. The van der Waals surface area contributed by atoms with Crippen LogP contribution in [0.3, 0.4) is 0 Å². The second-order valence-electron chi connectivity index (χ2n) is 6.26. The molecule has 20 heavy (non-hydrogen) atoms. The zero-order chi connectivity index (χ0) is 15.8. The van der Waals surface area contributed by atoms with E-state index in [1.54, 1.807) is 7.05 Å². The van der Waals surface area contributed by atoms with Gasteiger partial charge in [-0.3, -0.25) is 0 Å². The van der Waals surface area contributed by atoms with Crippen LogP contribution < -0.4 is 10.0 Å². The van der Waals surface area contributed by atoms with Crippen LogP contribution in [0.2, 0.25) is 0 Å². The highest BCUT2D eigenvalue weighted by atomic mass is 32.2. The van der Waals surface area contributed by atoms with E-state index in [1.165, 1.54) is 4.31 Å². The minimum Gasteiger partial charge on any atom is -0.317 e. The van der Waals surface area contributed by atoms with Gasteiger partial charge in [0.1, 0.15) is 0 Å². The van der Waals surface area contributed by atoms with Gasteiger partial charge in [-0.15, -0.1) is 0 Å². The van der Waals surface area contributed by atoms with Crippen molar-refractivity contribution in [2.75, 3.05) is 53.9 Å². The summed E-state index contributed by atoms with van der Waals surface area (Å²) in [5.41, 5.74) is -0.0961. The second-order valence-corrected chi connectivity index (χ2v) is 8.12. The first-order valence-electron chi connectivity index (χ1n) is 7.17. The maximum atomic E-state index is 12.1. The molecule has 6 nitrogen and oxygen atoms in total. The van der Waals surface area contributed by atoms with E-state index in [4.69, 9.17) is 0 Å². The van der Waals surface area contributed by atoms with Crippen molar-refractivity contribution in [1.82, 2.24) is 19.2 Å². The summed E-state index contributed by atoms with van der Waals surface area (Å²) in [7, 11) is 2.22. The smallest absolute Gasteiger partial charge is 0.279 e. The van der Waals surface area contributed by atoms with Gasteiger partial charge in [0.2, 0.25) is 0 Å². The molecule has 0 spiro atoms. The van der Waals surface area contributed by atoms with Gasteiger partial charge >= 0.3 is 0 Å². The molecular formula is C13H32N4O2S. The van der Waals surface area contributed by atoms with E-state index in [0.29, 0.717) is 13.1 Å². The van der Waals surface area contributed by atoms with Gasteiger partial charge < -0.3 is 10.2 Å². The highest BCUT2D eigenvalue weighted by molar-refractivity contribution is 7.87. The van der Waals surface area contributed by atoms with Crippen molar-refractivity contribution in [2.24, 2.45) is 5.41 Å². The monoisotopic (exact) mass is 308 g/mol. The zero-order valence-electron chi connectivity index (χ0n) is 13.9. The van der Waals surface area contributed by atoms with Gasteiger partial charge in [0.15, 0.2) is 0 Å². The number of hydrogen-bond acceptors (Lipinski definition) is 4. The van der Waals surface area contributed by atoms with Gasteiger partial charge in [-0.05, 0) is 39.0 Å². The van der Waals surface area contributed by atoms with Crippen molar-refractivity contribution < 1.29 is 8.42 Å². The van der Waals surface area contributed by atoms with E-state index < -0.39 is 10.2 Å². The van der Waals surface area contributed by atoms with Crippen LogP contribution in [0.1, 0.15) is 27.2 Å². The molecular weight excluding hydrogens is 276 g/mol. The molecule has 0 atom stereocenters. The van der Waals surface area contributed by atoms with Crippen LogP contribution in [0.15, 0.2) is 0 Å². The van der Waals surface area contributed by atoms with Crippen molar-refractivity contribution in [3.05, 3.63) is 0 Å². The van der Waals surface area contributed by atoms with E-state index in [-0.39, 0.29) is 5.41 Å². The van der Waals surface area contributed by atoms with Gasteiger partial charge in [-0.25, -0.2) is 4.72 Å². The Morgan fingerprint density at radius 3 is 2.25 bits per heavy atom. The highest BCUT2D eigenvalue weighted by Crippen LogP contribution is 2.15. The molecule has 0 aromatic rings. The molecule has 0 saturated carbocycles. The topological polar surface area (TPSA) is 64.7 Å². The van der Waals surface area contributed by atoms with Gasteiger partial charge in [-0.1, -0.05) is 20.8 Å². The third-order valence-electron chi connectivity index (χ3n) is 2.96. The Hall–Kier alpha value is -0.210. The summed E-state index contributed by atoms with van der Waals surface area (Å²) in [6, 6.07) is 0. The molecule has 0 amide bonds.